The summed E-state index contributed by atoms with van der Waals surface area (Å²) in [6.45, 7) is 0. The topological polar surface area (TPSA) is 80.9 Å². The van der Waals surface area contributed by atoms with Gasteiger partial charge in [-0.25, -0.2) is 0 Å². The number of H-pyrrole nitrogens is 2. The first-order valence-corrected chi connectivity index (χ1v) is 9.96. The van der Waals surface area contributed by atoms with E-state index < -0.39 is 0 Å². The minimum Gasteiger partial charge on any atom is -0.506 e. The molecule has 6 heteroatoms. The maximum absolute atomic E-state index is 13.1. The van der Waals surface area contributed by atoms with Crippen LogP contribution in [0, 0.1) is 0 Å². The van der Waals surface area contributed by atoms with Crippen LogP contribution in [0.5, 0.6) is 5.75 Å². The lowest BCUT2D eigenvalue weighted by Crippen LogP contribution is -2.54. The molecule has 0 aliphatic rings. The van der Waals surface area contributed by atoms with Crippen molar-refractivity contribution in [2.75, 3.05) is 21.1 Å². The predicted molar refractivity (Wildman–Crippen MR) is 121 cm³/mol. The number of amides is 1. The first kappa shape index (κ1) is 19.8. The number of nitrogens with zero attached hydrogens (tertiary/aromatic N) is 1. The van der Waals surface area contributed by atoms with Crippen molar-refractivity contribution in [2.24, 2.45) is 0 Å². The van der Waals surface area contributed by atoms with Gasteiger partial charge in [-0.2, -0.15) is 0 Å². The van der Waals surface area contributed by atoms with Gasteiger partial charge >= 0.3 is 0 Å². The van der Waals surface area contributed by atoms with E-state index in [0.29, 0.717) is 16.4 Å². The number of phenols is 1. The van der Waals surface area contributed by atoms with Crippen LogP contribution in [0.4, 0.5) is 0 Å². The lowest BCUT2D eigenvalue weighted by atomic mass is 10.0. The molecule has 2 aromatic carbocycles. The zero-order valence-electron chi connectivity index (χ0n) is 17.4. The van der Waals surface area contributed by atoms with Crippen molar-refractivity contribution in [2.45, 2.75) is 12.5 Å². The van der Waals surface area contributed by atoms with Crippen molar-refractivity contribution in [3.63, 3.8) is 0 Å². The van der Waals surface area contributed by atoms with Crippen molar-refractivity contribution in [3.05, 3.63) is 72.2 Å². The number of nitrogens with one attached hydrogen (secondary N) is 3. The Morgan fingerprint density at radius 2 is 1.83 bits per heavy atom. The summed E-state index contributed by atoms with van der Waals surface area (Å²) < 4.78 is 0.484. The standard InChI is InChI=1S/C24H26N4O2/c1-28(2,3)21(13-17-15-27-23-19(17)8-6-10-22(23)29)24(30)25-12-11-16-14-26-20-9-5-4-7-18(16)20/h4-12,14-15,21,26-27H,13H2,1-3H3,(H-,25,29,30)/p+1/b12-11+. The molecule has 154 valence electrons. The number of rotatable bonds is 6. The number of hydrogen-bond donors (Lipinski definition) is 4. The number of para-hydroxylation sites is 2. The van der Waals surface area contributed by atoms with Gasteiger partial charge in [0, 0.05) is 46.9 Å². The first-order chi connectivity index (χ1) is 14.3. The van der Waals surface area contributed by atoms with Crippen LogP contribution in [0.2, 0.25) is 0 Å². The van der Waals surface area contributed by atoms with Gasteiger partial charge in [-0.1, -0.05) is 30.3 Å². The Balaban J connectivity index is 1.53. The largest absolute Gasteiger partial charge is 0.506 e. The van der Waals surface area contributed by atoms with Crippen LogP contribution in [-0.4, -0.2) is 52.6 Å². The summed E-state index contributed by atoms with van der Waals surface area (Å²) >= 11 is 0. The van der Waals surface area contributed by atoms with Gasteiger partial charge in [0.1, 0.15) is 5.75 Å². The number of aromatic hydroxyl groups is 1. The highest BCUT2D eigenvalue weighted by Crippen LogP contribution is 2.27. The van der Waals surface area contributed by atoms with E-state index >= 15 is 0 Å². The lowest BCUT2D eigenvalue weighted by molar-refractivity contribution is -0.886. The van der Waals surface area contributed by atoms with Gasteiger partial charge in [-0.3, -0.25) is 4.79 Å². The summed E-state index contributed by atoms with van der Waals surface area (Å²) in [5.41, 5.74) is 3.80. The summed E-state index contributed by atoms with van der Waals surface area (Å²) in [6.07, 6.45) is 7.99. The third-order valence-corrected chi connectivity index (χ3v) is 5.54. The maximum atomic E-state index is 13.1. The molecule has 4 N–H and O–H groups in total. The van der Waals surface area contributed by atoms with Gasteiger partial charge in [0.2, 0.25) is 0 Å². The molecule has 30 heavy (non-hydrogen) atoms. The van der Waals surface area contributed by atoms with Gasteiger partial charge < -0.3 is 24.9 Å². The molecule has 0 aliphatic carbocycles. The first-order valence-electron chi connectivity index (χ1n) is 9.96. The molecular formula is C24H27N4O2+. The minimum atomic E-state index is -0.293. The number of phenolic OH excluding ortho intramolecular Hbond substituents is 1. The summed E-state index contributed by atoms with van der Waals surface area (Å²) in [4.78, 5) is 19.4. The Hall–Kier alpha value is -3.51. The molecule has 2 aromatic heterocycles. The summed E-state index contributed by atoms with van der Waals surface area (Å²) in [7, 11) is 6.04. The van der Waals surface area contributed by atoms with Gasteiger partial charge in [-0.05, 0) is 23.8 Å². The van der Waals surface area contributed by atoms with Gasteiger partial charge in [0.25, 0.3) is 5.91 Å². The predicted octanol–water partition coefficient (Wildman–Crippen LogP) is 3.76. The quantitative estimate of drug-likeness (QED) is 0.370. The van der Waals surface area contributed by atoms with E-state index in [4.69, 9.17) is 0 Å². The van der Waals surface area contributed by atoms with Gasteiger partial charge in [0.05, 0.1) is 26.7 Å². The SMILES string of the molecule is C[N+](C)(C)C(Cc1c[nH]c2c(O)cccc12)C(=O)N/C=C/c1c[nH]c2ccccc12. The molecule has 2 heterocycles. The highest BCUT2D eigenvalue weighted by Gasteiger charge is 2.32. The number of fused-ring (bicyclic) bond motifs is 2. The molecular weight excluding hydrogens is 376 g/mol. The number of carbonyl (C=O) groups is 1. The van der Waals surface area contributed by atoms with Gasteiger partial charge in [-0.15, -0.1) is 0 Å². The normalized spacial score (nSPS) is 13.3. The Morgan fingerprint density at radius 1 is 1.07 bits per heavy atom. The second-order valence-electron chi connectivity index (χ2n) is 8.48. The van der Waals surface area contributed by atoms with Crippen LogP contribution in [0.25, 0.3) is 27.9 Å². The molecule has 0 saturated heterocycles. The zero-order valence-corrected chi connectivity index (χ0v) is 17.4. The fraction of sp³-hybridized carbons (Fsp3) is 0.208. The summed E-state index contributed by atoms with van der Waals surface area (Å²) in [5, 5.41) is 15.1. The van der Waals surface area contributed by atoms with Gasteiger partial charge in [0.15, 0.2) is 6.04 Å². The third-order valence-electron chi connectivity index (χ3n) is 5.54. The molecule has 0 radical (unpaired) electrons. The smallest absolute Gasteiger partial charge is 0.282 e. The lowest BCUT2D eigenvalue weighted by Gasteiger charge is -2.32. The van der Waals surface area contributed by atoms with E-state index in [0.717, 1.165) is 27.4 Å². The summed E-state index contributed by atoms with van der Waals surface area (Å²) in [5.74, 6) is 0.166. The Kier molecular flexibility index (Phi) is 5.10. The van der Waals surface area contributed by atoms with Crippen molar-refractivity contribution in [1.29, 1.82) is 0 Å². The third kappa shape index (κ3) is 3.82. The molecule has 0 fully saturated rings. The van der Waals surface area contributed by atoms with Crippen LogP contribution in [-0.2, 0) is 11.2 Å². The van der Waals surface area contributed by atoms with Crippen molar-refractivity contribution < 1.29 is 14.4 Å². The molecule has 4 rings (SSSR count). The van der Waals surface area contributed by atoms with E-state index in [2.05, 4.69) is 21.4 Å². The van der Waals surface area contributed by atoms with E-state index in [-0.39, 0.29) is 17.7 Å². The number of aromatic nitrogens is 2. The molecule has 0 bridgehead atoms. The molecule has 0 spiro atoms. The number of quaternary nitrogens is 1. The maximum Gasteiger partial charge on any atom is 0.282 e. The average Bonchev–Trinajstić information content (AvgIpc) is 3.30. The van der Waals surface area contributed by atoms with Crippen LogP contribution in [0.15, 0.2) is 61.1 Å². The van der Waals surface area contributed by atoms with Crippen LogP contribution < -0.4 is 5.32 Å². The zero-order chi connectivity index (χ0) is 21.3. The van der Waals surface area contributed by atoms with Crippen molar-refractivity contribution >= 4 is 33.8 Å². The minimum absolute atomic E-state index is 0.0481. The van der Waals surface area contributed by atoms with E-state index in [9.17, 15) is 9.90 Å². The fourth-order valence-electron chi connectivity index (χ4n) is 3.83. The molecule has 0 aliphatic heterocycles. The Labute approximate surface area is 175 Å². The van der Waals surface area contributed by atoms with Crippen LogP contribution >= 0.6 is 0 Å². The van der Waals surface area contributed by atoms with E-state index in [1.54, 1.807) is 12.3 Å². The number of benzene rings is 2. The molecule has 6 nitrogen and oxygen atoms in total. The molecule has 0 saturated carbocycles. The molecule has 4 aromatic rings. The highest BCUT2D eigenvalue weighted by atomic mass is 16.3. The van der Waals surface area contributed by atoms with Crippen molar-refractivity contribution in [1.82, 2.24) is 15.3 Å². The fourth-order valence-corrected chi connectivity index (χ4v) is 3.83. The summed E-state index contributed by atoms with van der Waals surface area (Å²) in [6, 6.07) is 13.2. The highest BCUT2D eigenvalue weighted by molar-refractivity contribution is 5.91. The number of aromatic amines is 2. The molecule has 1 atom stereocenters. The molecule has 1 unspecified atom stereocenters. The molecule has 1 amide bonds. The number of hydrogen-bond acceptors (Lipinski definition) is 2. The van der Waals surface area contributed by atoms with E-state index in [1.165, 1.54) is 0 Å². The Morgan fingerprint density at radius 3 is 2.63 bits per heavy atom. The van der Waals surface area contributed by atoms with Crippen molar-refractivity contribution in [3.8, 4) is 5.75 Å². The second kappa shape index (κ2) is 7.72. The monoisotopic (exact) mass is 403 g/mol. The average molecular weight is 404 g/mol. The van der Waals surface area contributed by atoms with Crippen LogP contribution in [0.1, 0.15) is 11.1 Å². The second-order valence-corrected chi connectivity index (χ2v) is 8.48. The van der Waals surface area contributed by atoms with Crippen LogP contribution in [0.3, 0.4) is 0 Å². The number of likely N-dealkylation sites (N-methyl/N-ethyl adjacent to an activating group) is 1. The number of carbonyl (C=O) groups excluding carboxylic acids is 1. The Bertz CT molecular complexity index is 1230. The van der Waals surface area contributed by atoms with E-state index in [1.807, 2.05) is 69.9 Å².